The molecule has 0 bridgehead atoms. The van der Waals surface area contributed by atoms with Gasteiger partial charge in [0.2, 0.25) is 5.76 Å². The molecule has 0 fully saturated rings. The number of furan rings is 1. The Hall–Kier alpha value is -2.07. The van der Waals surface area contributed by atoms with Crippen molar-refractivity contribution in [3.05, 3.63) is 58.5 Å². The number of fused-ring (bicyclic) bond motifs is 1. The van der Waals surface area contributed by atoms with E-state index in [4.69, 9.17) is 9.52 Å². The lowest BCUT2D eigenvalue weighted by Gasteiger charge is -2.18. The van der Waals surface area contributed by atoms with Crippen LogP contribution in [0.15, 0.2) is 34.7 Å². The van der Waals surface area contributed by atoms with Crippen molar-refractivity contribution in [2.45, 2.75) is 32.9 Å². The fraction of sp³-hybridized carbons (Fsp3) is 0.353. The molecule has 3 rings (SSSR count). The Labute approximate surface area is 124 Å². The molecule has 0 amide bonds. The topological polar surface area (TPSA) is 53.7 Å². The Morgan fingerprint density at radius 3 is 2.81 bits per heavy atom. The van der Waals surface area contributed by atoms with Crippen molar-refractivity contribution in [1.29, 1.82) is 0 Å². The summed E-state index contributed by atoms with van der Waals surface area (Å²) in [6, 6.07) is 10.4. The van der Waals surface area contributed by atoms with Crippen LogP contribution < -0.4 is 0 Å². The van der Waals surface area contributed by atoms with Gasteiger partial charge in [0.1, 0.15) is 5.76 Å². The number of benzene rings is 1. The van der Waals surface area contributed by atoms with Gasteiger partial charge in [-0.2, -0.15) is 0 Å². The van der Waals surface area contributed by atoms with Crippen LogP contribution >= 0.6 is 0 Å². The molecular weight excluding hydrogens is 266 g/mol. The van der Waals surface area contributed by atoms with Gasteiger partial charge in [-0.05, 0) is 43.5 Å². The Balaban J connectivity index is 1.76. The molecule has 2 heterocycles. The first-order valence-corrected chi connectivity index (χ1v) is 7.25. The molecule has 0 unspecified atom stereocenters. The van der Waals surface area contributed by atoms with Crippen molar-refractivity contribution >= 4 is 5.97 Å². The Morgan fingerprint density at radius 1 is 1.33 bits per heavy atom. The lowest BCUT2D eigenvalue weighted by atomic mass is 10.0. The van der Waals surface area contributed by atoms with E-state index in [-0.39, 0.29) is 5.76 Å². The number of rotatable bonds is 3. The molecule has 4 heteroatoms. The van der Waals surface area contributed by atoms with Crippen LogP contribution in [0.4, 0.5) is 0 Å². The predicted octanol–water partition coefficient (Wildman–Crippen LogP) is 3.23. The number of aromatic carboxylic acids is 1. The normalized spacial score (nSPS) is 15.5. The smallest absolute Gasteiger partial charge is 0.372 e. The summed E-state index contributed by atoms with van der Waals surface area (Å²) in [7, 11) is 0. The van der Waals surface area contributed by atoms with Gasteiger partial charge in [0.15, 0.2) is 0 Å². The molecule has 0 radical (unpaired) electrons. The lowest BCUT2D eigenvalue weighted by Crippen LogP contribution is -2.22. The minimum absolute atomic E-state index is 0.0558. The summed E-state index contributed by atoms with van der Waals surface area (Å²) in [6.07, 6.45) is 2.22. The van der Waals surface area contributed by atoms with Crippen LogP contribution in [0.25, 0.3) is 0 Å². The zero-order valence-corrected chi connectivity index (χ0v) is 12.1. The summed E-state index contributed by atoms with van der Waals surface area (Å²) < 4.78 is 5.47. The molecule has 1 aromatic heterocycles. The molecule has 2 aromatic rings. The molecule has 0 saturated heterocycles. The van der Waals surface area contributed by atoms with E-state index in [0.29, 0.717) is 12.1 Å². The van der Waals surface area contributed by atoms with Gasteiger partial charge in [-0.3, -0.25) is 4.90 Å². The minimum Gasteiger partial charge on any atom is -0.475 e. The molecular formula is C17H19NO3. The van der Waals surface area contributed by atoms with Crippen LogP contribution in [0.2, 0.25) is 0 Å². The van der Waals surface area contributed by atoms with E-state index < -0.39 is 5.97 Å². The van der Waals surface area contributed by atoms with Crippen molar-refractivity contribution in [3.63, 3.8) is 0 Å². The van der Waals surface area contributed by atoms with Crippen molar-refractivity contribution in [2.24, 2.45) is 0 Å². The number of aryl methyl sites for hydroxylation is 2. The number of hydrogen-bond donors (Lipinski definition) is 1. The van der Waals surface area contributed by atoms with E-state index in [1.54, 1.807) is 6.92 Å². The van der Waals surface area contributed by atoms with Gasteiger partial charge in [-0.15, -0.1) is 0 Å². The van der Waals surface area contributed by atoms with Gasteiger partial charge in [0, 0.05) is 12.1 Å². The van der Waals surface area contributed by atoms with Crippen molar-refractivity contribution in [2.75, 3.05) is 6.54 Å². The first-order chi connectivity index (χ1) is 10.1. The van der Waals surface area contributed by atoms with E-state index in [1.807, 2.05) is 6.07 Å². The molecule has 21 heavy (non-hydrogen) atoms. The van der Waals surface area contributed by atoms with Crippen LogP contribution in [-0.2, 0) is 19.5 Å². The highest BCUT2D eigenvalue weighted by Gasteiger charge is 2.18. The van der Waals surface area contributed by atoms with Gasteiger partial charge in [0.05, 0.1) is 6.54 Å². The maximum Gasteiger partial charge on any atom is 0.372 e. The molecule has 1 aliphatic heterocycles. The van der Waals surface area contributed by atoms with Gasteiger partial charge >= 0.3 is 5.97 Å². The van der Waals surface area contributed by atoms with E-state index >= 15 is 0 Å². The van der Waals surface area contributed by atoms with E-state index in [0.717, 1.165) is 31.7 Å². The fourth-order valence-corrected chi connectivity index (χ4v) is 2.96. The van der Waals surface area contributed by atoms with E-state index in [1.165, 1.54) is 11.1 Å². The highest BCUT2D eigenvalue weighted by molar-refractivity contribution is 5.86. The van der Waals surface area contributed by atoms with Gasteiger partial charge < -0.3 is 9.52 Å². The molecule has 0 aliphatic carbocycles. The first kappa shape index (κ1) is 13.9. The van der Waals surface area contributed by atoms with E-state index in [9.17, 15) is 4.79 Å². The third kappa shape index (κ3) is 3.00. The molecule has 1 aromatic carbocycles. The molecule has 1 aliphatic rings. The minimum atomic E-state index is -1.00. The van der Waals surface area contributed by atoms with Crippen molar-refractivity contribution in [1.82, 2.24) is 4.90 Å². The first-order valence-electron chi connectivity index (χ1n) is 7.25. The number of carboxylic acids is 1. The number of hydrogen-bond acceptors (Lipinski definition) is 3. The average molecular weight is 285 g/mol. The second kappa shape index (κ2) is 5.74. The van der Waals surface area contributed by atoms with Crippen LogP contribution in [0.1, 0.15) is 39.4 Å². The van der Waals surface area contributed by atoms with E-state index in [2.05, 4.69) is 29.2 Å². The molecule has 0 spiro atoms. The second-order valence-electron chi connectivity index (χ2n) is 5.61. The Morgan fingerprint density at radius 2 is 2.10 bits per heavy atom. The zero-order chi connectivity index (χ0) is 14.8. The highest BCUT2D eigenvalue weighted by atomic mass is 16.4. The lowest BCUT2D eigenvalue weighted by molar-refractivity contribution is 0.0657. The second-order valence-corrected chi connectivity index (χ2v) is 5.61. The van der Waals surface area contributed by atoms with Crippen LogP contribution in [0, 0.1) is 6.92 Å². The summed E-state index contributed by atoms with van der Waals surface area (Å²) in [6.45, 7) is 4.31. The number of carboxylic acid groups (broad SMARTS) is 1. The number of nitrogens with zero attached hydrogens (tertiary/aromatic N) is 1. The maximum atomic E-state index is 11.0. The molecule has 110 valence electrons. The number of carbonyl (C=O) groups is 1. The fourth-order valence-electron chi connectivity index (χ4n) is 2.96. The predicted molar refractivity (Wildman–Crippen MR) is 79.3 cm³/mol. The van der Waals surface area contributed by atoms with Gasteiger partial charge in [0.25, 0.3) is 0 Å². The monoisotopic (exact) mass is 285 g/mol. The third-order valence-corrected chi connectivity index (χ3v) is 3.98. The van der Waals surface area contributed by atoms with Gasteiger partial charge in [-0.1, -0.05) is 24.3 Å². The maximum absolute atomic E-state index is 11.0. The SMILES string of the molecule is Cc1cc(CN2CCCc3ccccc3C2)oc1C(=O)O. The Bertz CT molecular complexity index is 660. The largest absolute Gasteiger partial charge is 0.475 e. The summed E-state index contributed by atoms with van der Waals surface area (Å²) in [4.78, 5) is 13.4. The quantitative estimate of drug-likeness (QED) is 0.940. The third-order valence-electron chi connectivity index (χ3n) is 3.98. The summed E-state index contributed by atoms with van der Waals surface area (Å²) in [5.74, 6) is -0.218. The molecule has 0 saturated carbocycles. The van der Waals surface area contributed by atoms with Crippen molar-refractivity contribution < 1.29 is 14.3 Å². The van der Waals surface area contributed by atoms with Crippen LogP contribution in [0.5, 0.6) is 0 Å². The highest BCUT2D eigenvalue weighted by Crippen LogP contribution is 2.22. The summed E-state index contributed by atoms with van der Waals surface area (Å²) in [5, 5.41) is 9.05. The van der Waals surface area contributed by atoms with Crippen LogP contribution in [-0.4, -0.2) is 22.5 Å². The van der Waals surface area contributed by atoms with Crippen molar-refractivity contribution in [3.8, 4) is 0 Å². The average Bonchev–Trinajstić information content (AvgIpc) is 2.69. The van der Waals surface area contributed by atoms with Crippen LogP contribution in [0.3, 0.4) is 0 Å². The zero-order valence-electron chi connectivity index (χ0n) is 12.1. The standard InChI is InChI=1S/C17H19NO3/c1-12-9-15(21-16(12)17(19)20)11-18-8-4-7-13-5-2-3-6-14(13)10-18/h2-3,5-6,9H,4,7-8,10-11H2,1H3,(H,19,20). The summed E-state index contributed by atoms with van der Waals surface area (Å²) >= 11 is 0. The Kier molecular flexibility index (Phi) is 3.80. The summed E-state index contributed by atoms with van der Waals surface area (Å²) in [5.41, 5.74) is 3.46. The molecule has 0 atom stereocenters. The molecule has 4 nitrogen and oxygen atoms in total. The molecule has 1 N–H and O–H groups in total. The van der Waals surface area contributed by atoms with Gasteiger partial charge in [-0.25, -0.2) is 4.79 Å².